The molecule has 1 aliphatic heterocycles. The molecule has 0 unspecified atom stereocenters. The molecule has 110 valence electrons. The first-order valence-corrected chi connectivity index (χ1v) is 6.84. The van der Waals surface area contributed by atoms with E-state index in [1.807, 2.05) is 6.07 Å². The second-order valence-electron chi connectivity index (χ2n) is 5.06. The molecule has 1 heterocycles. The van der Waals surface area contributed by atoms with Gasteiger partial charge in [-0.25, -0.2) is 4.90 Å². The minimum absolute atomic E-state index is 0.140. The molecule has 5 nitrogen and oxygen atoms in total. The zero-order chi connectivity index (χ0) is 15.9. The van der Waals surface area contributed by atoms with Gasteiger partial charge < -0.3 is 5.32 Å². The maximum atomic E-state index is 12.6. The van der Waals surface area contributed by atoms with E-state index in [0.29, 0.717) is 16.8 Å². The number of Topliss-reactive ketones (excluding diaryl/α,β-unsaturated/α-hetero) is 1. The van der Waals surface area contributed by atoms with Crippen LogP contribution in [-0.4, -0.2) is 24.6 Å². The van der Waals surface area contributed by atoms with E-state index in [1.165, 1.54) is 19.1 Å². The molecule has 1 aliphatic rings. The highest BCUT2D eigenvalue weighted by Crippen LogP contribution is 2.30. The highest BCUT2D eigenvalue weighted by molar-refractivity contribution is 6.34. The Morgan fingerprint density at radius 2 is 1.73 bits per heavy atom. The van der Waals surface area contributed by atoms with Crippen LogP contribution in [0.1, 0.15) is 38.0 Å². The van der Waals surface area contributed by atoms with Crippen molar-refractivity contribution in [2.45, 2.75) is 6.92 Å². The van der Waals surface area contributed by atoms with Crippen LogP contribution in [0.25, 0.3) is 0 Å². The van der Waals surface area contributed by atoms with Gasteiger partial charge in [-0.15, -0.1) is 0 Å². The Hall–Kier alpha value is -2.95. The molecule has 0 aliphatic carbocycles. The van der Waals surface area contributed by atoms with Gasteiger partial charge in [-0.1, -0.05) is 12.1 Å². The maximum absolute atomic E-state index is 12.6. The summed E-state index contributed by atoms with van der Waals surface area (Å²) < 4.78 is 0. The van der Waals surface area contributed by atoms with Crippen LogP contribution >= 0.6 is 0 Å². The first kappa shape index (κ1) is 14.0. The van der Waals surface area contributed by atoms with Crippen LogP contribution in [0.15, 0.2) is 42.5 Å². The number of anilines is 2. The van der Waals surface area contributed by atoms with Crippen molar-refractivity contribution in [2.24, 2.45) is 0 Å². The fraction of sp³-hybridized carbons (Fsp3) is 0.118. The molecular weight excluding hydrogens is 280 g/mol. The predicted molar refractivity (Wildman–Crippen MR) is 83.6 cm³/mol. The van der Waals surface area contributed by atoms with Gasteiger partial charge in [-0.2, -0.15) is 0 Å². The molecule has 0 spiro atoms. The standard InChI is InChI=1S/C17H14N2O3/c1-10(20)11-6-7-14-15(8-11)17(22)19(16(14)21)13-5-3-4-12(9-13)18-2/h3-9,18H,1-2H3. The molecule has 0 saturated heterocycles. The third-order valence-electron chi connectivity index (χ3n) is 3.69. The minimum Gasteiger partial charge on any atom is -0.388 e. The highest BCUT2D eigenvalue weighted by Gasteiger charge is 2.37. The van der Waals surface area contributed by atoms with Gasteiger partial charge in [0.15, 0.2) is 5.78 Å². The zero-order valence-corrected chi connectivity index (χ0v) is 12.2. The Bertz CT molecular complexity index is 811. The third kappa shape index (κ3) is 2.07. The van der Waals surface area contributed by atoms with Gasteiger partial charge >= 0.3 is 0 Å². The molecule has 0 bridgehead atoms. The molecular formula is C17H14N2O3. The molecule has 2 aromatic carbocycles. The summed E-state index contributed by atoms with van der Waals surface area (Å²) in [5, 5.41) is 2.97. The lowest BCUT2D eigenvalue weighted by Crippen LogP contribution is -2.29. The number of rotatable bonds is 3. The van der Waals surface area contributed by atoms with Crippen molar-refractivity contribution in [3.63, 3.8) is 0 Å². The van der Waals surface area contributed by atoms with E-state index in [0.717, 1.165) is 10.6 Å². The number of nitrogens with zero attached hydrogens (tertiary/aromatic N) is 1. The Labute approximate surface area is 127 Å². The lowest BCUT2D eigenvalue weighted by molar-refractivity contribution is 0.0925. The van der Waals surface area contributed by atoms with Gasteiger partial charge in [0.05, 0.1) is 16.8 Å². The van der Waals surface area contributed by atoms with Crippen LogP contribution in [0, 0.1) is 0 Å². The monoisotopic (exact) mass is 294 g/mol. The van der Waals surface area contributed by atoms with Gasteiger partial charge in [-0.3, -0.25) is 14.4 Å². The molecule has 0 fully saturated rings. The van der Waals surface area contributed by atoms with Crippen LogP contribution in [0.2, 0.25) is 0 Å². The molecule has 0 aromatic heterocycles. The predicted octanol–water partition coefficient (Wildman–Crippen LogP) is 2.73. The van der Waals surface area contributed by atoms with Gasteiger partial charge in [0.2, 0.25) is 0 Å². The van der Waals surface area contributed by atoms with Gasteiger partial charge in [0, 0.05) is 18.3 Å². The number of hydrogen-bond donors (Lipinski definition) is 1. The van der Waals surface area contributed by atoms with E-state index in [4.69, 9.17) is 0 Å². The van der Waals surface area contributed by atoms with Gasteiger partial charge in [-0.05, 0) is 37.3 Å². The van der Waals surface area contributed by atoms with Crippen LogP contribution in [0.4, 0.5) is 11.4 Å². The summed E-state index contributed by atoms with van der Waals surface area (Å²) in [7, 11) is 1.76. The minimum atomic E-state index is -0.406. The van der Waals surface area contributed by atoms with E-state index >= 15 is 0 Å². The molecule has 0 radical (unpaired) electrons. The van der Waals surface area contributed by atoms with E-state index in [-0.39, 0.29) is 17.3 Å². The topological polar surface area (TPSA) is 66.5 Å². The normalized spacial score (nSPS) is 13.3. The molecule has 0 atom stereocenters. The average Bonchev–Trinajstić information content (AvgIpc) is 2.78. The SMILES string of the molecule is CNc1cccc(N2C(=O)c3ccc(C(C)=O)cc3C2=O)c1. The summed E-state index contributed by atoms with van der Waals surface area (Å²) in [5.41, 5.74) is 2.32. The van der Waals surface area contributed by atoms with Crippen molar-refractivity contribution in [1.82, 2.24) is 0 Å². The van der Waals surface area contributed by atoms with Crippen LogP contribution < -0.4 is 10.2 Å². The third-order valence-corrected chi connectivity index (χ3v) is 3.69. The summed E-state index contributed by atoms with van der Waals surface area (Å²) in [6.07, 6.45) is 0. The molecule has 22 heavy (non-hydrogen) atoms. The largest absolute Gasteiger partial charge is 0.388 e. The van der Waals surface area contributed by atoms with Crippen molar-refractivity contribution in [2.75, 3.05) is 17.3 Å². The van der Waals surface area contributed by atoms with Gasteiger partial charge in [0.25, 0.3) is 11.8 Å². The van der Waals surface area contributed by atoms with Crippen molar-refractivity contribution in [3.05, 3.63) is 59.2 Å². The molecule has 2 amide bonds. The van der Waals surface area contributed by atoms with Gasteiger partial charge in [0.1, 0.15) is 0 Å². The smallest absolute Gasteiger partial charge is 0.266 e. The summed E-state index contributed by atoms with van der Waals surface area (Å²) in [4.78, 5) is 37.6. The summed E-state index contributed by atoms with van der Waals surface area (Å²) in [6.45, 7) is 1.43. The van der Waals surface area contributed by atoms with Crippen molar-refractivity contribution in [3.8, 4) is 0 Å². The molecule has 1 N–H and O–H groups in total. The lowest BCUT2D eigenvalue weighted by atomic mass is 10.0. The quantitative estimate of drug-likeness (QED) is 0.698. The Kier molecular flexibility index (Phi) is 3.25. The maximum Gasteiger partial charge on any atom is 0.266 e. The number of amides is 2. The zero-order valence-electron chi connectivity index (χ0n) is 12.2. The highest BCUT2D eigenvalue weighted by atomic mass is 16.2. The number of benzene rings is 2. The molecule has 5 heteroatoms. The van der Waals surface area contributed by atoms with Crippen molar-refractivity contribution < 1.29 is 14.4 Å². The van der Waals surface area contributed by atoms with E-state index in [2.05, 4.69) is 5.32 Å². The molecule has 0 saturated carbocycles. The van der Waals surface area contributed by atoms with Crippen molar-refractivity contribution >= 4 is 29.0 Å². The number of ketones is 1. The Balaban J connectivity index is 2.08. The number of carbonyl (C=O) groups is 3. The van der Waals surface area contributed by atoms with Crippen molar-refractivity contribution in [1.29, 1.82) is 0 Å². The number of imide groups is 1. The van der Waals surface area contributed by atoms with E-state index < -0.39 is 5.91 Å². The lowest BCUT2D eigenvalue weighted by Gasteiger charge is -2.14. The van der Waals surface area contributed by atoms with Crippen LogP contribution in [0.3, 0.4) is 0 Å². The first-order valence-electron chi connectivity index (χ1n) is 6.84. The first-order chi connectivity index (χ1) is 10.5. The van der Waals surface area contributed by atoms with E-state index in [9.17, 15) is 14.4 Å². The number of nitrogens with one attached hydrogen (secondary N) is 1. The fourth-order valence-corrected chi connectivity index (χ4v) is 2.49. The number of hydrogen-bond acceptors (Lipinski definition) is 4. The Morgan fingerprint density at radius 3 is 2.41 bits per heavy atom. The number of fused-ring (bicyclic) bond motifs is 1. The second kappa shape index (κ2) is 5.11. The molecule has 2 aromatic rings. The number of carbonyl (C=O) groups excluding carboxylic acids is 3. The van der Waals surface area contributed by atoms with Crippen LogP contribution in [-0.2, 0) is 0 Å². The van der Waals surface area contributed by atoms with E-state index in [1.54, 1.807) is 31.3 Å². The summed E-state index contributed by atoms with van der Waals surface area (Å²) in [5.74, 6) is -0.918. The fourth-order valence-electron chi connectivity index (χ4n) is 2.49. The second-order valence-corrected chi connectivity index (χ2v) is 5.06. The van der Waals surface area contributed by atoms with Crippen LogP contribution in [0.5, 0.6) is 0 Å². The average molecular weight is 294 g/mol. The summed E-state index contributed by atoms with van der Waals surface area (Å²) >= 11 is 0. The summed E-state index contributed by atoms with van der Waals surface area (Å²) in [6, 6.07) is 11.6. The Morgan fingerprint density at radius 1 is 1.00 bits per heavy atom. The molecule has 3 rings (SSSR count).